The van der Waals surface area contributed by atoms with Crippen LogP contribution in [0.2, 0.25) is 0 Å². The molecule has 0 radical (unpaired) electrons. The molecule has 0 aliphatic carbocycles. The highest BCUT2D eigenvalue weighted by atomic mass is 14.8. The Kier molecular flexibility index (Phi) is 11.9. The number of benzene rings is 4. The average Bonchev–Trinajstić information content (AvgIpc) is 4.14. The Balaban J connectivity index is 1.45. The molecular formula is C64H66N4. The van der Waals surface area contributed by atoms with E-state index in [1.807, 2.05) is 0 Å². The van der Waals surface area contributed by atoms with Crippen molar-refractivity contribution >= 4 is 70.7 Å². The Morgan fingerprint density at radius 2 is 0.647 bits per heavy atom. The van der Waals surface area contributed by atoms with Gasteiger partial charge in [0.1, 0.15) is 0 Å². The van der Waals surface area contributed by atoms with Crippen molar-refractivity contribution < 1.29 is 0 Å². The number of aromatic amines is 2. The Morgan fingerprint density at radius 1 is 0.338 bits per heavy atom. The molecular weight excluding hydrogens is 825 g/mol. The molecule has 0 spiro atoms. The predicted molar refractivity (Wildman–Crippen MR) is 295 cm³/mol. The SMILES string of the molecule is CC(C)(C)c1cc(-c2c3nc(c(/C=C/c4ccccc4)c4ccc([nH]4)c(-c4cc(C(C)(C)C)cc(C(C)(C)C)c4)c4nc(c(/C=C/c5ccccc5)c5ccc2[nH]5)C=C4)C=C3)cc(C(C)(C)C)c1. The molecule has 4 nitrogen and oxygen atoms in total. The van der Waals surface area contributed by atoms with E-state index in [0.717, 1.165) is 89.4 Å². The topological polar surface area (TPSA) is 57.4 Å². The van der Waals surface area contributed by atoms with E-state index in [2.05, 4.69) is 263 Å². The summed E-state index contributed by atoms with van der Waals surface area (Å²) in [5.74, 6) is 0. The van der Waals surface area contributed by atoms with Crippen molar-refractivity contribution in [3.05, 3.63) is 189 Å². The summed E-state index contributed by atoms with van der Waals surface area (Å²) in [7, 11) is 0. The van der Waals surface area contributed by atoms with Gasteiger partial charge in [0.25, 0.3) is 0 Å². The van der Waals surface area contributed by atoms with Gasteiger partial charge < -0.3 is 9.97 Å². The first-order valence-corrected chi connectivity index (χ1v) is 24.1. The fraction of sp³-hybridized carbons (Fsp3) is 0.250. The second-order valence-electron chi connectivity index (χ2n) is 22.7. The Morgan fingerprint density at radius 3 is 0.971 bits per heavy atom. The number of hydrogen-bond acceptors (Lipinski definition) is 2. The fourth-order valence-electron chi connectivity index (χ4n) is 8.97. The minimum atomic E-state index is -0.0719. The van der Waals surface area contributed by atoms with Crippen LogP contribution in [-0.4, -0.2) is 19.9 Å². The van der Waals surface area contributed by atoms with Gasteiger partial charge in [0, 0.05) is 44.3 Å². The summed E-state index contributed by atoms with van der Waals surface area (Å²) in [6.45, 7) is 27.6. The molecule has 4 aromatic carbocycles. The van der Waals surface area contributed by atoms with Gasteiger partial charge in [-0.25, -0.2) is 9.97 Å². The zero-order chi connectivity index (χ0) is 48.2. The largest absolute Gasteiger partial charge is 0.354 e. The summed E-state index contributed by atoms with van der Waals surface area (Å²) in [5.41, 5.74) is 21.0. The Labute approximate surface area is 404 Å². The van der Waals surface area contributed by atoms with Gasteiger partial charge in [-0.1, -0.05) is 204 Å². The third-order valence-electron chi connectivity index (χ3n) is 13.2. The molecule has 0 unspecified atom stereocenters. The second-order valence-corrected chi connectivity index (χ2v) is 22.7. The number of H-pyrrole nitrogens is 2. The quantitative estimate of drug-likeness (QED) is 0.175. The van der Waals surface area contributed by atoms with E-state index in [4.69, 9.17) is 9.97 Å². The van der Waals surface area contributed by atoms with Crippen LogP contribution in [0.5, 0.6) is 0 Å². The van der Waals surface area contributed by atoms with E-state index < -0.39 is 0 Å². The van der Waals surface area contributed by atoms with Crippen LogP contribution < -0.4 is 0 Å². The van der Waals surface area contributed by atoms with Gasteiger partial charge >= 0.3 is 0 Å². The lowest BCUT2D eigenvalue weighted by Gasteiger charge is -2.26. The predicted octanol–water partition coefficient (Wildman–Crippen LogP) is 17.5. The molecule has 342 valence electrons. The van der Waals surface area contributed by atoms with Crippen LogP contribution in [0.25, 0.3) is 92.9 Å². The molecule has 2 aliphatic heterocycles. The lowest BCUT2D eigenvalue weighted by atomic mass is 9.78. The highest BCUT2D eigenvalue weighted by Gasteiger charge is 2.25. The molecule has 68 heavy (non-hydrogen) atoms. The number of aromatic nitrogens is 4. The summed E-state index contributed by atoms with van der Waals surface area (Å²) in [4.78, 5) is 19.1. The summed E-state index contributed by atoms with van der Waals surface area (Å²) in [6, 6.07) is 44.1. The Bertz CT molecular complexity index is 3050. The number of nitrogens with one attached hydrogen (secondary N) is 2. The van der Waals surface area contributed by atoms with Gasteiger partial charge in [-0.15, -0.1) is 0 Å². The first kappa shape index (κ1) is 46.1. The zero-order valence-corrected chi connectivity index (χ0v) is 42.1. The maximum atomic E-state index is 5.60. The van der Waals surface area contributed by atoms with Crippen molar-refractivity contribution in [1.82, 2.24) is 19.9 Å². The molecule has 0 fully saturated rings. The molecule has 7 aromatic rings. The van der Waals surface area contributed by atoms with Crippen molar-refractivity contribution in [3.8, 4) is 22.3 Å². The van der Waals surface area contributed by atoms with Gasteiger partial charge in [0.05, 0.1) is 22.8 Å². The minimum Gasteiger partial charge on any atom is -0.354 e. The van der Waals surface area contributed by atoms with Crippen LogP contribution in [-0.2, 0) is 21.7 Å². The minimum absolute atomic E-state index is 0.0719. The van der Waals surface area contributed by atoms with E-state index >= 15 is 0 Å². The summed E-state index contributed by atoms with van der Waals surface area (Å²) < 4.78 is 0. The van der Waals surface area contributed by atoms with E-state index in [1.54, 1.807) is 0 Å². The fourth-order valence-corrected chi connectivity index (χ4v) is 8.97. The molecule has 2 N–H and O–H groups in total. The van der Waals surface area contributed by atoms with Crippen molar-refractivity contribution in [1.29, 1.82) is 0 Å². The second kappa shape index (κ2) is 17.6. The number of fused-ring (bicyclic) bond motifs is 8. The third-order valence-corrected chi connectivity index (χ3v) is 13.2. The maximum absolute atomic E-state index is 5.60. The molecule has 4 heteroatoms. The van der Waals surface area contributed by atoms with Crippen LogP contribution in [0.4, 0.5) is 0 Å². The highest BCUT2D eigenvalue weighted by molar-refractivity contribution is 5.98. The van der Waals surface area contributed by atoms with Gasteiger partial charge in [0.2, 0.25) is 0 Å². The van der Waals surface area contributed by atoms with E-state index in [-0.39, 0.29) is 21.7 Å². The highest BCUT2D eigenvalue weighted by Crippen LogP contribution is 2.41. The lowest BCUT2D eigenvalue weighted by molar-refractivity contribution is 0.568. The monoisotopic (exact) mass is 891 g/mol. The molecule has 0 amide bonds. The van der Waals surface area contributed by atoms with Crippen LogP contribution in [0.3, 0.4) is 0 Å². The van der Waals surface area contributed by atoms with Crippen molar-refractivity contribution in [2.75, 3.05) is 0 Å². The molecule has 3 aromatic heterocycles. The van der Waals surface area contributed by atoms with Crippen LogP contribution in [0, 0.1) is 0 Å². The van der Waals surface area contributed by atoms with Crippen molar-refractivity contribution in [2.45, 2.75) is 105 Å². The molecule has 8 bridgehead atoms. The standard InChI is InChI=1S/C64H66N4/c1-61(2,3)45-35-43(36-46(39-45)62(4,5)6)59-55-31-27-51(65-55)49(25-23-41-19-15-13-16-20-41)53-29-33-57(67-53)60(44-37-47(63(7,8)9)40-48(38-44)64(10,11)12)58-34-30-54(68-58)50(52-28-32-56(59)66-52)26-24-42-21-17-14-18-22-42/h13-40,65,68H,1-12H3/b25-23+,26-24+,51-49?,52-50?,53-49?,54-50?,59-55?,59-56?,60-57?,60-58?. The average molecular weight is 891 g/mol. The van der Waals surface area contributed by atoms with Crippen LogP contribution in [0.1, 0.15) is 150 Å². The van der Waals surface area contributed by atoms with Crippen molar-refractivity contribution in [3.63, 3.8) is 0 Å². The number of rotatable bonds is 6. The first-order valence-electron chi connectivity index (χ1n) is 24.1. The van der Waals surface area contributed by atoms with Gasteiger partial charge in [-0.2, -0.15) is 0 Å². The van der Waals surface area contributed by atoms with Gasteiger partial charge in [0.15, 0.2) is 0 Å². The molecule has 9 rings (SSSR count). The van der Waals surface area contributed by atoms with Crippen LogP contribution >= 0.6 is 0 Å². The summed E-state index contributed by atoms with van der Waals surface area (Å²) >= 11 is 0. The third kappa shape index (κ3) is 9.69. The first-order chi connectivity index (χ1) is 32.2. The summed E-state index contributed by atoms with van der Waals surface area (Å²) in [6.07, 6.45) is 17.5. The van der Waals surface area contributed by atoms with E-state index in [1.165, 1.54) is 22.3 Å². The zero-order valence-electron chi connectivity index (χ0n) is 42.1. The Hall–Kier alpha value is -7.04. The lowest BCUT2D eigenvalue weighted by Crippen LogP contribution is -2.16. The van der Waals surface area contributed by atoms with E-state index in [9.17, 15) is 0 Å². The van der Waals surface area contributed by atoms with E-state index in [0.29, 0.717) is 0 Å². The summed E-state index contributed by atoms with van der Waals surface area (Å²) in [5, 5.41) is 0. The maximum Gasteiger partial charge on any atom is 0.0737 e. The van der Waals surface area contributed by atoms with Gasteiger partial charge in [-0.05, 0) is 115 Å². The molecule has 0 atom stereocenters. The van der Waals surface area contributed by atoms with Crippen LogP contribution in [0.15, 0.2) is 121 Å². The molecule has 0 saturated heterocycles. The molecule has 2 aliphatic rings. The van der Waals surface area contributed by atoms with Gasteiger partial charge in [-0.3, -0.25) is 0 Å². The number of nitrogens with zero attached hydrogens (tertiary/aromatic N) is 2. The smallest absolute Gasteiger partial charge is 0.0737 e. The number of hydrogen-bond donors (Lipinski definition) is 2. The van der Waals surface area contributed by atoms with Crippen molar-refractivity contribution in [2.24, 2.45) is 0 Å². The normalized spacial score (nSPS) is 13.4. The molecule has 5 heterocycles. The molecule has 0 saturated carbocycles.